The molecule has 4 heteroatoms. The van der Waals surface area contributed by atoms with E-state index in [9.17, 15) is 0 Å². The molecule has 0 saturated heterocycles. The van der Waals surface area contributed by atoms with E-state index in [1.807, 2.05) is 32.3 Å². The van der Waals surface area contributed by atoms with E-state index < -0.39 is 0 Å². The topological polar surface area (TPSA) is 48.8 Å². The standard InChI is InChI=1S/C54H66N4.C10H14.C4H6.C2H6.C2H4/c1-14-18-19-20-53-46(16-3)51-34-56-24-23-54(51)58(53)45-31-40(11)48(41(12)32-45)29-38(9)28-44(25-35(5)6)57-42(13)47(50(33-55)52(57)17-4)22-21-43(15-2)49-30-37(8)26-36(7)27-39(49)10;1-7-5-8(2)10(4)9(3)6-7;1-3-4-2;2*1-2/h16-17,19-21,23-29,31-34H,3,14-15,18,22,30,55H2,1-2,4-13H3;5-6H,1-4H3;3-4H,1-2H2;1-2H3;1-2H2/b20-19-,38-29+,43-21?,44-28+,50-33-,52-17+;;;;. The van der Waals surface area contributed by atoms with Gasteiger partial charge in [-0.15, -0.1) is 13.2 Å². The summed E-state index contributed by atoms with van der Waals surface area (Å²) in [5, 5.41) is 3.32. The van der Waals surface area contributed by atoms with Gasteiger partial charge in [-0.05, 0) is 220 Å². The zero-order chi connectivity index (χ0) is 57.4. The molecule has 76 heavy (non-hydrogen) atoms. The molecule has 0 unspecified atom stereocenters. The number of nitrogens with zero attached hydrogens (tertiary/aromatic N) is 3. The molecule has 0 bridgehead atoms. The number of aromatic nitrogens is 3. The van der Waals surface area contributed by atoms with Gasteiger partial charge in [0.1, 0.15) is 0 Å². The Bertz CT molecular complexity index is 3160. The second-order valence-corrected chi connectivity index (χ2v) is 19.7. The fourth-order valence-corrected chi connectivity index (χ4v) is 9.97. The van der Waals surface area contributed by atoms with Crippen LogP contribution in [0, 0.1) is 48.5 Å². The third-order valence-electron chi connectivity index (χ3n) is 13.5. The fraction of sp³-hybridized carbons (Fsp3) is 0.319. The molecule has 6 rings (SSSR count). The number of pyridine rings is 1. The Balaban J connectivity index is 0.000000941. The second-order valence-electron chi connectivity index (χ2n) is 19.7. The van der Waals surface area contributed by atoms with Crippen molar-refractivity contribution in [2.45, 2.75) is 157 Å². The van der Waals surface area contributed by atoms with Gasteiger partial charge in [-0.3, -0.25) is 4.98 Å². The largest absolute Gasteiger partial charge is 0.404 e. The van der Waals surface area contributed by atoms with Crippen molar-refractivity contribution in [2.24, 2.45) is 5.73 Å². The molecule has 0 radical (unpaired) electrons. The first-order chi connectivity index (χ1) is 36.3. The van der Waals surface area contributed by atoms with Gasteiger partial charge in [0.25, 0.3) is 0 Å². The number of benzene rings is 2. The number of rotatable bonds is 14. The highest BCUT2D eigenvalue weighted by molar-refractivity contribution is 5.94. The first kappa shape index (κ1) is 64.9. The Morgan fingerprint density at radius 1 is 0.803 bits per heavy atom. The van der Waals surface area contributed by atoms with Crippen molar-refractivity contribution in [3.63, 3.8) is 0 Å². The quantitative estimate of drug-likeness (QED) is 0.0890. The highest BCUT2D eigenvalue weighted by Crippen LogP contribution is 2.34. The van der Waals surface area contributed by atoms with Crippen LogP contribution in [0.4, 0.5) is 0 Å². The maximum Gasteiger partial charge on any atom is 0.0571 e. The van der Waals surface area contributed by atoms with E-state index >= 15 is 0 Å². The molecular weight excluding hydrogens is 921 g/mol. The highest BCUT2D eigenvalue weighted by Gasteiger charge is 2.18. The summed E-state index contributed by atoms with van der Waals surface area (Å²) in [7, 11) is 0. The lowest BCUT2D eigenvalue weighted by Gasteiger charge is -2.15. The van der Waals surface area contributed by atoms with Gasteiger partial charge in [0.2, 0.25) is 0 Å². The molecule has 1 aliphatic carbocycles. The van der Waals surface area contributed by atoms with Crippen molar-refractivity contribution < 1.29 is 0 Å². The van der Waals surface area contributed by atoms with Gasteiger partial charge in [-0.1, -0.05) is 143 Å². The number of allylic oxidation sites excluding steroid dienone is 16. The minimum Gasteiger partial charge on any atom is -0.404 e. The number of aryl methyl sites for hydroxylation is 5. The van der Waals surface area contributed by atoms with Crippen molar-refractivity contribution in [2.75, 3.05) is 0 Å². The smallest absolute Gasteiger partial charge is 0.0571 e. The average molecular weight is 1020 g/mol. The molecule has 404 valence electrons. The normalized spacial score (nSPS) is 13.3. The molecule has 0 fully saturated rings. The van der Waals surface area contributed by atoms with Crippen molar-refractivity contribution in [3.05, 3.63) is 235 Å². The Labute approximate surface area is 462 Å². The van der Waals surface area contributed by atoms with Crippen LogP contribution in [-0.2, 0) is 6.42 Å². The summed E-state index contributed by atoms with van der Waals surface area (Å²) in [4.78, 5) is 4.46. The summed E-state index contributed by atoms with van der Waals surface area (Å²) in [6.07, 6.45) is 36.5. The number of hydrogen-bond donors (Lipinski definition) is 1. The second kappa shape index (κ2) is 32.3. The number of nitrogens with two attached hydrogens (primary N) is 1. The molecule has 3 aromatic heterocycles. The Morgan fingerprint density at radius 2 is 1.42 bits per heavy atom. The van der Waals surface area contributed by atoms with E-state index in [1.54, 1.807) is 18.4 Å². The molecule has 0 amide bonds. The number of fused-ring (bicyclic) bond motifs is 1. The lowest BCUT2D eigenvalue weighted by Crippen LogP contribution is -2.31. The van der Waals surface area contributed by atoms with Crippen LogP contribution in [0.3, 0.4) is 0 Å². The van der Waals surface area contributed by atoms with E-state index in [4.69, 9.17) is 5.73 Å². The molecule has 0 atom stereocenters. The monoisotopic (exact) mass is 1020 g/mol. The van der Waals surface area contributed by atoms with E-state index in [-0.39, 0.29) is 0 Å². The van der Waals surface area contributed by atoms with Crippen LogP contribution in [0.15, 0.2) is 163 Å². The van der Waals surface area contributed by atoms with Gasteiger partial charge in [0.15, 0.2) is 0 Å². The molecule has 0 saturated carbocycles. The van der Waals surface area contributed by atoms with Crippen molar-refractivity contribution in [3.8, 4) is 5.69 Å². The van der Waals surface area contributed by atoms with E-state index in [2.05, 4.69) is 243 Å². The van der Waals surface area contributed by atoms with Gasteiger partial charge in [-0.25, -0.2) is 0 Å². The molecular formula is C72H96N4. The summed E-state index contributed by atoms with van der Waals surface area (Å²) in [6.45, 7) is 56.1. The van der Waals surface area contributed by atoms with Gasteiger partial charge in [-0.2, -0.15) is 0 Å². The Hall–Kier alpha value is -7.17. The SMILES string of the molecule is C=C.C=CC=C.C=Cc1c(/C=C\CCC)n(-c2cc(C)c(/C=C(C)/C=C(\C=C(C)C)n3c(C)c(CC=C(CC)C4=C(C)C=C(C)C=C(C)C4)c(=C/N)/c3=C\C)c(C)c2)c2ccncc12.CC.Cc1cc(C)c(C)c(C)c1. The predicted octanol–water partition coefficient (Wildman–Crippen LogP) is 19.2. The third kappa shape index (κ3) is 16.9. The molecule has 4 nitrogen and oxygen atoms in total. The Kier molecular flexibility index (Phi) is 27.6. The zero-order valence-electron chi connectivity index (χ0n) is 50.5. The number of hydrogen-bond acceptors (Lipinski definition) is 2. The van der Waals surface area contributed by atoms with Crippen molar-refractivity contribution >= 4 is 47.1 Å². The summed E-state index contributed by atoms with van der Waals surface area (Å²) in [5.41, 5.74) is 33.2. The zero-order valence-corrected chi connectivity index (χ0v) is 50.5. The third-order valence-corrected chi connectivity index (χ3v) is 13.5. The first-order valence-electron chi connectivity index (χ1n) is 27.4. The van der Waals surface area contributed by atoms with Crippen molar-refractivity contribution in [1.82, 2.24) is 14.1 Å². The fourth-order valence-electron chi connectivity index (χ4n) is 9.97. The maximum atomic E-state index is 6.48. The van der Waals surface area contributed by atoms with Crippen LogP contribution in [0.1, 0.15) is 163 Å². The molecule has 0 aliphatic heterocycles. The maximum absolute atomic E-state index is 6.48. The minimum atomic E-state index is 0.813. The number of unbranched alkanes of at least 4 members (excludes halogenated alkanes) is 1. The summed E-state index contributed by atoms with van der Waals surface area (Å²) < 4.78 is 4.75. The molecule has 0 spiro atoms. The van der Waals surface area contributed by atoms with Crippen LogP contribution < -0.4 is 16.3 Å². The predicted molar refractivity (Wildman–Crippen MR) is 344 cm³/mol. The molecule has 5 aromatic rings. The van der Waals surface area contributed by atoms with E-state index in [0.29, 0.717) is 0 Å². The summed E-state index contributed by atoms with van der Waals surface area (Å²) >= 11 is 0. The van der Waals surface area contributed by atoms with Gasteiger partial charge < -0.3 is 14.9 Å². The first-order valence-corrected chi connectivity index (χ1v) is 27.4. The van der Waals surface area contributed by atoms with Crippen LogP contribution in [-0.4, -0.2) is 14.1 Å². The lowest BCUT2D eigenvalue weighted by molar-refractivity contribution is 0.961. The minimum absolute atomic E-state index is 0.813. The van der Waals surface area contributed by atoms with Crippen LogP contribution >= 0.6 is 0 Å². The van der Waals surface area contributed by atoms with Crippen LogP contribution in [0.25, 0.3) is 52.8 Å². The summed E-state index contributed by atoms with van der Waals surface area (Å²) in [5.74, 6) is 0. The van der Waals surface area contributed by atoms with E-state index in [1.165, 1.54) is 89.2 Å². The van der Waals surface area contributed by atoms with Gasteiger partial charge in [0, 0.05) is 51.8 Å². The van der Waals surface area contributed by atoms with Crippen molar-refractivity contribution in [1.29, 1.82) is 0 Å². The summed E-state index contributed by atoms with van der Waals surface area (Å²) in [6, 6.07) is 11.2. The van der Waals surface area contributed by atoms with Gasteiger partial charge >= 0.3 is 0 Å². The Morgan fingerprint density at radius 3 is 1.95 bits per heavy atom. The highest BCUT2D eigenvalue weighted by atomic mass is 15.0. The lowest BCUT2D eigenvalue weighted by atomic mass is 9.92. The van der Waals surface area contributed by atoms with Crippen LogP contribution in [0.5, 0.6) is 0 Å². The molecule has 2 N–H and O–H groups in total. The molecule has 1 aliphatic rings. The molecule has 3 heterocycles. The molecule has 2 aromatic carbocycles. The van der Waals surface area contributed by atoms with E-state index in [0.717, 1.165) is 76.2 Å². The van der Waals surface area contributed by atoms with Crippen LogP contribution in [0.2, 0.25) is 0 Å². The van der Waals surface area contributed by atoms with Gasteiger partial charge in [0.05, 0.1) is 16.6 Å². The average Bonchev–Trinajstić information content (AvgIpc) is 3.81.